The van der Waals surface area contributed by atoms with Gasteiger partial charge in [-0.1, -0.05) is 12.2 Å². The quantitative estimate of drug-likeness (QED) is 0.844. The van der Waals surface area contributed by atoms with Gasteiger partial charge in [0.05, 0.1) is 11.1 Å². The standard InChI is InChI=1S/C12H11F3O3/c1-2-3-6-18-8-4-5-10(12(13,14)15)9(7-8)11(16)17/h2-5,7H,6H2,1H3,(H,16,17)/b3-2+. The second kappa shape index (κ2) is 5.57. The molecule has 0 bridgehead atoms. The van der Waals surface area contributed by atoms with Gasteiger partial charge in [-0.3, -0.25) is 0 Å². The molecule has 0 fully saturated rings. The summed E-state index contributed by atoms with van der Waals surface area (Å²) in [5.41, 5.74) is -2.01. The lowest BCUT2D eigenvalue weighted by molar-refractivity contribution is -0.138. The zero-order chi connectivity index (χ0) is 13.8. The van der Waals surface area contributed by atoms with E-state index in [0.717, 1.165) is 12.1 Å². The summed E-state index contributed by atoms with van der Waals surface area (Å²) in [6, 6.07) is 2.67. The van der Waals surface area contributed by atoms with Gasteiger partial charge in [0.1, 0.15) is 12.4 Å². The zero-order valence-corrected chi connectivity index (χ0v) is 9.49. The van der Waals surface area contributed by atoms with E-state index >= 15 is 0 Å². The van der Waals surface area contributed by atoms with Crippen molar-refractivity contribution in [1.82, 2.24) is 0 Å². The number of carboxylic acid groups (broad SMARTS) is 1. The van der Waals surface area contributed by atoms with Crippen molar-refractivity contribution in [2.45, 2.75) is 13.1 Å². The fourth-order valence-corrected chi connectivity index (χ4v) is 1.28. The first-order valence-electron chi connectivity index (χ1n) is 5.04. The van der Waals surface area contributed by atoms with Crippen LogP contribution in [0.4, 0.5) is 13.2 Å². The lowest BCUT2D eigenvalue weighted by Gasteiger charge is -2.11. The second-order valence-corrected chi connectivity index (χ2v) is 3.39. The van der Waals surface area contributed by atoms with Crippen LogP contribution in [0.25, 0.3) is 0 Å². The Morgan fingerprint density at radius 3 is 2.61 bits per heavy atom. The van der Waals surface area contributed by atoms with E-state index in [0.29, 0.717) is 6.07 Å². The Hall–Kier alpha value is -1.98. The number of carboxylic acids is 1. The molecule has 6 heteroatoms. The molecule has 0 heterocycles. The first kappa shape index (κ1) is 14.1. The van der Waals surface area contributed by atoms with Crippen molar-refractivity contribution in [1.29, 1.82) is 0 Å². The van der Waals surface area contributed by atoms with Gasteiger partial charge in [0, 0.05) is 0 Å². The van der Waals surface area contributed by atoms with Gasteiger partial charge in [0.2, 0.25) is 0 Å². The van der Waals surface area contributed by atoms with E-state index in [4.69, 9.17) is 9.84 Å². The first-order chi connectivity index (χ1) is 8.36. The molecule has 1 rings (SSSR count). The molecule has 0 unspecified atom stereocenters. The van der Waals surface area contributed by atoms with Crippen LogP contribution in [-0.4, -0.2) is 17.7 Å². The van der Waals surface area contributed by atoms with Crippen LogP contribution in [-0.2, 0) is 6.18 Å². The maximum absolute atomic E-state index is 12.5. The van der Waals surface area contributed by atoms with E-state index in [-0.39, 0.29) is 12.4 Å². The van der Waals surface area contributed by atoms with Crippen LogP contribution in [0.1, 0.15) is 22.8 Å². The highest BCUT2D eigenvalue weighted by molar-refractivity contribution is 5.90. The van der Waals surface area contributed by atoms with Crippen LogP contribution in [0.15, 0.2) is 30.4 Å². The maximum Gasteiger partial charge on any atom is 0.417 e. The summed E-state index contributed by atoms with van der Waals surface area (Å²) in [5, 5.41) is 8.76. The van der Waals surface area contributed by atoms with Gasteiger partial charge in [-0.25, -0.2) is 4.79 Å². The smallest absolute Gasteiger partial charge is 0.417 e. The van der Waals surface area contributed by atoms with Gasteiger partial charge in [-0.2, -0.15) is 13.2 Å². The molecule has 0 aromatic heterocycles. The third-order valence-corrected chi connectivity index (χ3v) is 2.11. The number of ether oxygens (including phenoxy) is 1. The molecule has 0 radical (unpaired) electrons. The Labute approximate surface area is 101 Å². The Kier molecular flexibility index (Phi) is 4.36. The highest BCUT2D eigenvalue weighted by Crippen LogP contribution is 2.33. The molecular formula is C12H11F3O3. The van der Waals surface area contributed by atoms with Crippen molar-refractivity contribution in [2.24, 2.45) is 0 Å². The van der Waals surface area contributed by atoms with E-state index in [1.807, 2.05) is 0 Å². The van der Waals surface area contributed by atoms with Gasteiger partial charge in [-0.15, -0.1) is 0 Å². The van der Waals surface area contributed by atoms with E-state index in [9.17, 15) is 18.0 Å². The van der Waals surface area contributed by atoms with E-state index < -0.39 is 23.3 Å². The van der Waals surface area contributed by atoms with Crippen LogP contribution in [0.5, 0.6) is 5.75 Å². The summed E-state index contributed by atoms with van der Waals surface area (Å²) in [7, 11) is 0. The maximum atomic E-state index is 12.5. The van der Waals surface area contributed by atoms with Crippen LogP contribution in [0.2, 0.25) is 0 Å². The number of halogens is 3. The molecule has 18 heavy (non-hydrogen) atoms. The predicted molar refractivity (Wildman–Crippen MR) is 58.7 cm³/mol. The van der Waals surface area contributed by atoms with E-state index in [1.54, 1.807) is 19.1 Å². The third kappa shape index (κ3) is 3.51. The average Bonchev–Trinajstić information content (AvgIpc) is 2.27. The van der Waals surface area contributed by atoms with Gasteiger partial charge in [0.15, 0.2) is 0 Å². The predicted octanol–water partition coefficient (Wildman–Crippen LogP) is 3.36. The molecule has 1 aromatic rings. The van der Waals surface area contributed by atoms with Gasteiger partial charge in [0.25, 0.3) is 0 Å². The second-order valence-electron chi connectivity index (χ2n) is 3.39. The Morgan fingerprint density at radius 1 is 1.44 bits per heavy atom. The van der Waals surface area contributed by atoms with E-state index in [1.165, 1.54) is 0 Å². The number of hydrogen-bond donors (Lipinski definition) is 1. The van der Waals surface area contributed by atoms with Gasteiger partial charge in [-0.05, 0) is 25.1 Å². The number of allylic oxidation sites excluding steroid dienone is 1. The molecule has 1 N–H and O–H groups in total. The molecule has 0 atom stereocenters. The van der Waals surface area contributed by atoms with E-state index in [2.05, 4.69) is 0 Å². The summed E-state index contributed by atoms with van der Waals surface area (Å²) < 4.78 is 42.7. The first-order valence-corrected chi connectivity index (χ1v) is 5.04. The minimum atomic E-state index is -4.70. The fraction of sp³-hybridized carbons (Fsp3) is 0.250. The summed E-state index contributed by atoms with van der Waals surface area (Å²) in [6.45, 7) is 1.93. The number of benzene rings is 1. The third-order valence-electron chi connectivity index (χ3n) is 2.11. The largest absolute Gasteiger partial charge is 0.490 e. The summed E-state index contributed by atoms with van der Waals surface area (Å²) >= 11 is 0. The fourth-order valence-electron chi connectivity index (χ4n) is 1.28. The highest BCUT2D eigenvalue weighted by atomic mass is 19.4. The highest BCUT2D eigenvalue weighted by Gasteiger charge is 2.35. The van der Waals surface area contributed by atoms with Crippen LogP contribution in [0.3, 0.4) is 0 Å². The molecule has 0 saturated carbocycles. The number of alkyl halides is 3. The van der Waals surface area contributed by atoms with Crippen LogP contribution < -0.4 is 4.74 Å². The van der Waals surface area contributed by atoms with Crippen molar-refractivity contribution < 1.29 is 27.8 Å². The lowest BCUT2D eigenvalue weighted by Crippen LogP contribution is -2.13. The minimum Gasteiger partial charge on any atom is -0.490 e. The number of carbonyl (C=O) groups is 1. The van der Waals surface area contributed by atoms with Crippen LogP contribution in [0, 0.1) is 0 Å². The SMILES string of the molecule is C/C=C/COc1ccc(C(F)(F)F)c(C(=O)O)c1. The van der Waals surface area contributed by atoms with Crippen molar-refractivity contribution in [3.8, 4) is 5.75 Å². The molecule has 0 spiro atoms. The Bertz CT molecular complexity index is 464. The minimum absolute atomic E-state index is 0.0819. The Morgan fingerprint density at radius 2 is 2.11 bits per heavy atom. The summed E-state index contributed by atoms with van der Waals surface area (Å²) in [4.78, 5) is 10.8. The number of aromatic carboxylic acids is 1. The molecule has 0 aliphatic rings. The molecule has 98 valence electrons. The summed E-state index contributed by atoms with van der Waals surface area (Å²) in [6.07, 6.45) is -1.34. The number of hydrogen-bond acceptors (Lipinski definition) is 2. The monoisotopic (exact) mass is 260 g/mol. The van der Waals surface area contributed by atoms with Crippen molar-refractivity contribution in [2.75, 3.05) is 6.61 Å². The molecule has 0 saturated heterocycles. The summed E-state index contributed by atoms with van der Waals surface area (Å²) in [5.74, 6) is -1.56. The van der Waals surface area contributed by atoms with Crippen LogP contribution >= 0.6 is 0 Å². The lowest BCUT2D eigenvalue weighted by atomic mass is 10.1. The Balaban J connectivity index is 3.08. The van der Waals surface area contributed by atoms with Crippen molar-refractivity contribution in [3.63, 3.8) is 0 Å². The molecule has 0 aliphatic carbocycles. The normalized spacial score (nSPS) is 11.8. The zero-order valence-electron chi connectivity index (χ0n) is 9.49. The molecule has 1 aromatic carbocycles. The topological polar surface area (TPSA) is 46.5 Å². The molecule has 0 aliphatic heterocycles. The molecule has 0 amide bonds. The number of rotatable bonds is 4. The molecule has 3 nitrogen and oxygen atoms in total. The van der Waals surface area contributed by atoms with Crippen molar-refractivity contribution in [3.05, 3.63) is 41.5 Å². The van der Waals surface area contributed by atoms with Crippen molar-refractivity contribution >= 4 is 5.97 Å². The van der Waals surface area contributed by atoms with Gasteiger partial charge < -0.3 is 9.84 Å². The average molecular weight is 260 g/mol. The van der Waals surface area contributed by atoms with Gasteiger partial charge >= 0.3 is 12.1 Å². The molecular weight excluding hydrogens is 249 g/mol.